The lowest BCUT2D eigenvalue weighted by molar-refractivity contribution is 0.308. The smallest absolute Gasteiger partial charge is 0.181 e. The molecular weight excluding hydrogens is 382 g/mol. The van der Waals surface area contributed by atoms with Crippen LogP contribution < -0.4 is 10.1 Å². The Labute approximate surface area is 184 Å². The first-order valence-electron chi connectivity index (χ1n) is 10.6. The number of benzene rings is 2. The first kappa shape index (κ1) is 20.7. The van der Waals surface area contributed by atoms with Crippen LogP contribution in [0.4, 0.5) is 5.82 Å². The van der Waals surface area contributed by atoms with Gasteiger partial charge in [-0.05, 0) is 62.6 Å². The number of anilines is 1. The van der Waals surface area contributed by atoms with E-state index in [9.17, 15) is 0 Å². The molecule has 0 saturated heterocycles. The number of aromatic nitrogens is 2. The predicted molar refractivity (Wildman–Crippen MR) is 129 cm³/mol. The number of nitrogens with zero attached hydrogens (tertiary/aromatic N) is 2. The number of rotatable bonds is 6. The third-order valence-corrected chi connectivity index (χ3v) is 4.90. The molecule has 4 rings (SSSR count). The summed E-state index contributed by atoms with van der Waals surface area (Å²) >= 11 is 0. The highest BCUT2D eigenvalue weighted by Gasteiger charge is 2.21. The van der Waals surface area contributed by atoms with Crippen molar-refractivity contribution in [3.63, 3.8) is 0 Å². The van der Waals surface area contributed by atoms with E-state index in [4.69, 9.17) is 9.72 Å². The molecule has 0 aliphatic carbocycles. The number of imidazole rings is 1. The summed E-state index contributed by atoms with van der Waals surface area (Å²) in [5, 5.41) is 3.64. The minimum atomic E-state index is -0.112. The fourth-order valence-corrected chi connectivity index (χ4v) is 3.51. The van der Waals surface area contributed by atoms with Crippen LogP contribution in [0.3, 0.4) is 0 Å². The number of nitrogens with one attached hydrogen (secondary N) is 1. The third kappa shape index (κ3) is 4.97. The highest BCUT2D eigenvalue weighted by molar-refractivity contribution is 5.85. The molecule has 0 radical (unpaired) electrons. The zero-order chi connectivity index (χ0) is 21.8. The molecule has 0 bridgehead atoms. The van der Waals surface area contributed by atoms with Crippen molar-refractivity contribution in [2.45, 2.75) is 39.8 Å². The van der Waals surface area contributed by atoms with Crippen molar-refractivity contribution in [1.82, 2.24) is 9.38 Å². The van der Waals surface area contributed by atoms with Gasteiger partial charge < -0.3 is 10.1 Å². The van der Waals surface area contributed by atoms with Gasteiger partial charge in [0.15, 0.2) is 11.4 Å². The van der Waals surface area contributed by atoms with E-state index in [2.05, 4.69) is 67.8 Å². The van der Waals surface area contributed by atoms with E-state index in [1.165, 1.54) is 0 Å². The van der Waals surface area contributed by atoms with Crippen LogP contribution in [0.25, 0.3) is 17.3 Å². The topological polar surface area (TPSA) is 38.6 Å². The molecule has 4 heteroatoms. The van der Waals surface area contributed by atoms with Gasteiger partial charge in [0, 0.05) is 11.7 Å². The van der Waals surface area contributed by atoms with Gasteiger partial charge in [0.1, 0.15) is 18.1 Å². The summed E-state index contributed by atoms with van der Waals surface area (Å²) in [7, 11) is 0. The van der Waals surface area contributed by atoms with Gasteiger partial charge in [0.25, 0.3) is 0 Å². The summed E-state index contributed by atoms with van der Waals surface area (Å²) in [5.74, 6) is 1.74. The largest absolute Gasteiger partial charge is 0.485 e. The fourth-order valence-electron chi connectivity index (χ4n) is 3.51. The Balaban J connectivity index is 1.77. The third-order valence-electron chi connectivity index (χ3n) is 4.90. The quantitative estimate of drug-likeness (QED) is 0.384. The Bertz CT molecular complexity index is 1190. The Morgan fingerprint density at radius 2 is 1.65 bits per heavy atom. The zero-order valence-electron chi connectivity index (χ0n) is 18.6. The lowest BCUT2D eigenvalue weighted by Crippen LogP contribution is -2.27. The molecule has 0 spiro atoms. The van der Waals surface area contributed by atoms with E-state index in [1.807, 2.05) is 54.7 Å². The fraction of sp³-hybridized carbons (Fsp3) is 0.222. The van der Waals surface area contributed by atoms with E-state index in [1.54, 1.807) is 0 Å². The predicted octanol–water partition coefficient (Wildman–Crippen LogP) is 6.68. The zero-order valence-corrected chi connectivity index (χ0v) is 18.6. The molecule has 0 unspecified atom stereocenters. The molecule has 0 saturated carbocycles. The highest BCUT2D eigenvalue weighted by atomic mass is 16.5. The van der Waals surface area contributed by atoms with Gasteiger partial charge in [0.2, 0.25) is 0 Å². The van der Waals surface area contributed by atoms with Crippen molar-refractivity contribution in [3.8, 4) is 5.75 Å². The van der Waals surface area contributed by atoms with Gasteiger partial charge in [-0.3, -0.25) is 4.40 Å². The number of hydrogen-bond acceptors (Lipinski definition) is 3. The van der Waals surface area contributed by atoms with Gasteiger partial charge in [-0.1, -0.05) is 60.7 Å². The molecule has 0 atom stereocenters. The molecule has 0 aliphatic heterocycles. The molecule has 0 amide bonds. The molecule has 4 aromatic rings. The van der Waals surface area contributed by atoms with Crippen LogP contribution in [0.1, 0.15) is 44.5 Å². The van der Waals surface area contributed by atoms with Crippen LogP contribution in [0.15, 0.2) is 79.0 Å². The molecule has 2 aromatic heterocycles. The Kier molecular flexibility index (Phi) is 5.81. The van der Waals surface area contributed by atoms with Gasteiger partial charge in [-0.2, -0.15) is 0 Å². The van der Waals surface area contributed by atoms with E-state index < -0.39 is 0 Å². The second kappa shape index (κ2) is 8.68. The Morgan fingerprint density at radius 3 is 2.32 bits per heavy atom. The van der Waals surface area contributed by atoms with Crippen molar-refractivity contribution in [1.29, 1.82) is 0 Å². The maximum atomic E-state index is 6.17. The van der Waals surface area contributed by atoms with Gasteiger partial charge >= 0.3 is 0 Å². The second-order valence-corrected chi connectivity index (χ2v) is 8.76. The summed E-state index contributed by atoms with van der Waals surface area (Å²) in [5.41, 5.74) is 4.99. The minimum Gasteiger partial charge on any atom is -0.485 e. The van der Waals surface area contributed by atoms with Gasteiger partial charge in [0.05, 0.1) is 0 Å². The highest BCUT2D eigenvalue weighted by Crippen LogP contribution is 2.32. The number of hydrogen-bond donors (Lipinski definition) is 1. The summed E-state index contributed by atoms with van der Waals surface area (Å²) < 4.78 is 8.26. The van der Waals surface area contributed by atoms with Crippen LogP contribution in [0, 0.1) is 0 Å². The number of ether oxygens (including phenoxy) is 1. The molecule has 0 fully saturated rings. The van der Waals surface area contributed by atoms with E-state index >= 15 is 0 Å². The number of allylic oxidation sites excluding steroid dienone is 1. The summed E-state index contributed by atoms with van der Waals surface area (Å²) in [6.07, 6.45) is 4.20. The molecule has 158 valence electrons. The van der Waals surface area contributed by atoms with Crippen molar-refractivity contribution in [2.24, 2.45) is 0 Å². The molecule has 1 N–H and O–H groups in total. The number of pyridine rings is 1. The first-order chi connectivity index (χ1) is 14.9. The minimum absolute atomic E-state index is 0.112. The van der Waals surface area contributed by atoms with Crippen molar-refractivity contribution in [3.05, 3.63) is 95.8 Å². The lowest BCUT2D eigenvalue weighted by atomic mass is 10.1. The van der Waals surface area contributed by atoms with E-state index in [0.717, 1.165) is 39.6 Å². The van der Waals surface area contributed by atoms with Crippen molar-refractivity contribution < 1.29 is 4.74 Å². The SMILES string of the molecule is C/C(=C\c1ccccc1)c1nc2c(OCc3ccccc3)cccn2c1NC(C)(C)C. The van der Waals surface area contributed by atoms with Crippen LogP contribution >= 0.6 is 0 Å². The van der Waals surface area contributed by atoms with Crippen LogP contribution in [0.5, 0.6) is 5.75 Å². The normalized spacial score (nSPS) is 12.2. The summed E-state index contributed by atoms with van der Waals surface area (Å²) in [4.78, 5) is 5.01. The molecule has 0 aliphatic rings. The van der Waals surface area contributed by atoms with E-state index in [0.29, 0.717) is 6.61 Å². The summed E-state index contributed by atoms with van der Waals surface area (Å²) in [6, 6.07) is 24.5. The maximum absolute atomic E-state index is 6.17. The second-order valence-electron chi connectivity index (χ2n) is 8.76. The first-order valence-corrected chi connectivity index (χ1v) is 10.6. The van der Waals surface area contributed by atoms with Gasteiger partial charge in [-0.25, -0.2) is 4.98 Å². The van der Waals surface area contributed by atoms with Crippen LogP contribution in [-0.2, 0) is 6.61 Å². The standard InChI is InChI=1S/C27H29N3O/c1-20(18-21-12-7-5-8-13-21)24-26(29-27(2,3)4)30-17-11-16-23(25(30)28-24)31-19-22-14-9-6-10-15-22/h5-18,29H,19H2,1-4H3/b20-18+. The number of fused-ring (bicyclic) bond motifs is 1. The molecule has 31 heavy (non-hydrogen) atoms. The van der Waals surface area contributed by atoms with Crippen molar-refractivity contribution >= 4 is 23.1 Å². The van der Waals surface area contributed by atoms with Crippen molar-refractivity contribution in [2.75, 3.05) is 5.32 Å². The monoisotopic (exact) mass is 411 g/mol. The molecule has 4 nitrogen and oxygen atoms in total. The van der Waals surface area contributed by atoms with Crippen LogP contribution in [-0.4, -0.2) is 14.9 Å². The Hall–Kier alpha value is -3.53. The van der Waals surface area contributed by atoms with E-state index in [-0.39, 0.29) is 5.54 Å². The maximum Gasteiger partial charge on any atom is 0.181 e. The van der Waals surface area contributed by atoms with Crippen LogP contribution in [0.2, 0.25) is 0 Å². The molecule has 2 aromatic carbocycles. The van der Waals surface area contributed by atoms with Gasteiger partial charge in [-0.15, -0.1) is 0 Å². The summed E-state index contributed by atoms with van der Waals surface area (Å²) in [6.45, 7) is 9.07. The average molecular weight is 412 g/mol. The average Bonchev–Trinajstić information content (AvgIpc) is 3.11. The Morgan fingerprint density at radius 1 is 0.968 bits per heavy atom. The lowest BCUT2D eigenvalue weighted by Gasteiger charge is -2.22. The molecular formula is C27H29N3O. The molecule has 2 heterocycles.